The first kappa shape index (κ1) is 44.9. The van der Waals surface area contributed by atoms with Crippen LogP contribution in [0.1, 0.15) is 232 Å². The van der Waals surface area contributed by atoms with Crippen LogP contribution in [-0.2, 0) is 14.2 Å². The Kier molecular flexibility index (Phi) is 43.8. The molecule has 0 aliphatic carbocycles. The maximum atomic E-state index is 5.80. The molecule has 0 radical (unpaired) electrons. The minimum Gasteiger partial charge on any atom is -0.381 e. The lowest BCUT2D eigenvalue weighted by Gasteiger charge is -2.07. The van der Waals surface area contributed by atoms with E-state index < -0.39 is 0 Å². The fourth-order valence-electron chi connectivity index (χ4n) is 6.34. The van der Waals surface area contributed by atoms with Gasteiger partial charge in [-0.3, -0.25) is 0 Å². The summed E-state index contributed by atoms with van der Waals surface area (Å²) in [7, 11) is 0. The van der Waals surface area contributed by atoms with E-state index in [1.54, 1.807) is 0 Å². The molecule has 0 bridgehead atoms. The Morgan fingerprint density at radius 3 is 0.533 bits per heavy atom. The molecular weight excluding hydrogens is 552 g/mol. The molecular formula is C42H86O3. The number of ether oxygens (including phenoxy) is 3. The minimum atomic E-state index is 0.818. The molecule has 0 rings (SSSR count). The smallest absolute Gasteiger partial charge is 0.0488 e. The van der Waals surface area contributed by atoms with Crippen LogP contribution in [0.4, 0.5) is 0 Å². The van der Waals surface area contributed by atoms with Gasteiger partial charge in [0.15, 0.2) is 0 Å². The Hall–Kier alpha value is -0.120. The van der Waals surface area contributed by atoms with Gasteiger partial charge in [0.2, 0.25) is 0 Å². The molecule has 0 fully saturated rings. The lowest BCUT2D eigenvalue weighted by atomic mass is 10.0. The van der Waals surface area contributed by atoms with Gasteiger partial charge in [-0.2, -0.15) is 0 Å². The summed E-state index contributed by atoms with van der Waals surface area (Å²) in [4.78, 5) is 0. The average Bonchev–Trinajstić information content (AvgIpc) is 3.05. The van der Waals surface area contributed by atoms with E-state index in [4.69, 9.17) is 14.2 Å². The van der Waals surface area contributed by atoms with Crippen molar-refractivity contribution in [2.45, 2.75) is 232 Å². The molecule has 272 valence electrons. The molecule has 0 aromatic carbocycles. The van der Waals surface area contributed by atoms with Gasteiger partial charge in [-0.1, -0.05) is 206 Å². The molecule has 0 saturated heterocycles. The van der Waals surface area contributed by atoms with E-state index in [2.05, 4.69) is 13.8 Å². The molecule has 0 atom stereocenters. The molecule has 0 spiro atoms. The lowest BCUT2D eigenvalue weighted by molar-refractivity contribution is 0.0618. The highest BCUT2D eigenvalue weighted by atomic mass is 16.5. The third kappa shape index (κ3) is 43.9. The molecule has 0 amide bonds. The zero-order valence-corrected chi connectivity index (χ0v) is 31.5. The molecule has 0 unspecified atom stereocenters. The van der Waals surface area contributed by atoms with Crippen molar-refractivity contribution in [1.29, 1.82) is 0 Å². The van der Waals surface area contributed by atoms with Crippen molar-refractivity contribution in [1.82, 2.24) is 0 Å². The van der Waals surface area contributed by atoms with Crippen molar-refractivity contribution in [3.63, 3.8) is 0 Å². The lowest BCUT2D eigenvalue weighted by Crippen LogP contribution is -2.05. The van der Waals surface area contributed by atoms with Gasteiger partial charge in [-0.15, -0.1) is 0 Å². The minimum absolute atomic E-state index is 0.818. The molecule has 0 aliphatic heterocycles. The third-order valence-electron chi connectivity index (χ3n) is 9.44. The fourth-order valence-corrected chi connectivity index (χ4v) is 6.34. The van der Waals surface area contributed by atoms with Crippen LogP contribution in [-0.4, -0.2) is 39.6 Å². The molecule has 0 N–H and O–H groups in total. The van der Waals surface area contributed by atoms with Crippen molar-refractivity contribution in [3.8, 4) is 0 Å². The van der Waals surface area contributed by atoms with Crippen LogP contribution < -0.4 is 0 Å². The van der Waals surface area contributed by atoms with E-state index in [0.717, 1.165) is 52.5 Å². The first-order chi connectivity index (χ1) is 22.4. The Labute approximate surface area is 285 Å². The van der Waals surface area contributed by atoms with E-state index >= 15 is 0 Å². The largest absolute Gasteiger partial charge is 0.381 e. The van der Waals surface area contributed by atoms with Crippen molar-refractivity contribution in [3.05, 3.63) is 0 Å². The van der Waals surface area contributed by atoms with Crippen molar-refractivity contribution in [2.75, 3.05) is 39.6 Å². The molecule has 0 heterocycles. The molecule has 45 heavy (non-hydrogen) atoms. The SMILES string of the molecule is CCCCCCCCCCCCCCCCCCOCCCOCCCOCCCCCCCCCCCCCCCCCC. The first-order valence-corrected chi connectivity index (χ1v) is 21.1. The third-order valence-corrected chi connectivity index (χ3v) is 9.44. The number of rotatable bonds is 42. The van der Waals surface area contributed by atoms with Gasteiger partial charge in [-0.05, 0) is 25.7 Å². The predicted molar refractivity (Wildman–Crippen MR) is 201 cm³/mol. The fraction of sp³-hybridized carbons (Fsp3) is 1.00. The summed E-state index contributed by atoms with van der Waals surface area (Å²) >= 11 is 0. The van der Waals surface area contributed by atoms with E-state index in [1.807, 2.05) is 0 Å². The van der Waals surface area contributed by atoms with Gasteiger partial charge in [-0.25, -0.2) is 0 Å². The maximum absolute atomic E-state index is 5.80. The first-order valence-electron chi connectivity index (χ1n) is 21.1. The molecule has 0 saturated carbocycles. The molecule has 0 aromatic heterocycles. The van der Waals surface area contributed by atoms with Gasteiger partial charge in [0.05, 0.1) is 0 Å². The second-order valence-electron chi connectivity index (χ2n) is 14.2. The summed E-state index contributed by atoms with van der Waals surface area (Å²) in [5, 5.41) is 0. The van der Waals surface area contributed by atoms with E-state index in [9.17, 15) is 0 Å². The van der Waals surface area contributed by atoms with Gasteiger partial charge >= 0.3 is 0 Å². The van der Waals surface area contributed by atoms with Crippen LogP contribution in [0.3, 0.4) is 0 Å². The van der Waals surface area contributed by atoms with Gasteiger partial charge < -0.3 is 14.2 Å². The summed E-state index contributed by atoms with van der Waals surface area (Å²) in [5.74, 6) is 0. The van der Waals surface area contributed by atoms with Gasteiger partial charge in [0.25, 0.3) is 0 Å². The van der Waals surface area contributed by atoms with Crippen LogP contribution in [0, 0.1) is 0 Å². The maximum Gasteiger partial charge on any atom is 0.0488 e. The predicted octanol–water partition coefficient (Wildman–Crippen LogP) is 14.3. The van der Waals surface area contributed by atoms with Gasteiger partial charge in [0.1, 0.15) is 0 Å². The standard InChI is InChI=1S/C42H86O3/c1-3-5-7-9-11-13-15-17-19-21-23-25-27-29-31-33-37-43-39-35-41-45-42-36-40-44-38-34-32-30-28-26-24-22-20-18-16-14-12-10-8-6-4-2/h3-42H2,1-2H3. The van der Waals surface area contributed by atoms with Crippen LogP contribution in [0.2, 0.25) is 0 Å². The summed E-state index contributed by atoms with van der Waals surface area (Å²) in [6, 6.07) is 0. The highest BCUT2D eigenvalue weighted by Gasteiger charge is 1.98. The van der Waals surface area contributed by atoms with Crippen LogP contribution in [0.15, 0.2) is 0 Å². The molecule has 3 nitrogen and oxygen atoms in total. The van der Waals surface area contributed by atoms with Crippen LogP contribution >= 0.6 is 0 Å². The Bertz CT molecular complexity index is 441. The number of unbranched alkanes of at least 4 members (excludes halogenated alkanes) is 30. The zero-order valence-electron chi connectivity index (χ0n) is 31.5. The summed E-state index contributed by atoms with van der Waals surface area (Å²) < 4.78 is 17.3. The van der Waals surface area contributed by atoms with Crippen LogP contribution in [0.5, 0.6) is 0 Å². The molecule has 3 heteroatoms. The highest BCUT2D eigenvalue weighted by Crippen LogP contribution is 2.15. The van der Waals surface area contributed by atoms with E-state index in [0.29, 0.717) is 0 Å². The summed E-state index contributed by atoms with van der Waals surface area (Å²) in [5.41, 5.74) is 0. The summed E-state index contributed by atoms with van der Waals surface area (Å²) in [6.45, 7) is 9.76. The molecule has 0 aromatic rings. The van der Waals surface area contributed by atoms with E-state index in [1.165, 1.54) is 205 Å². The Balaban J connectivity index is 3.03. The monoisotopic (exact) mass is 639 g/mol. The zero-order chi connectivity index (χ0) is 32.4. The average molecular weight is 639 g/mol. The Morgan fingerprint density at radius 2 is 0.333 bits per heavy atom. The summed E-state index contributed by atoms with van der Waals surface area (Å²) in [6.07, 6.45) is 47.4. The topological polar surface area (TPSA) is 27.7 Å². The molecule has 0 aliphatic rings. The quantitative estimate of drug-likeness (QED) is 0.0623. The van der Waals surface area contributed by atoms with Crippen molar-refractivity contribution < 1.29 is 14.2 Å². The second-order valence-corrected chi connectivity index (χ2v) is 14.2. The number of hydrogen-bond donors (Lipinski definition) is 0. The van der Waals surface area contributed by atoms with Crippen molar-refractivity contribution in [2.24, 2.45) is 0 Å². The van der Waals surface area contributed by atoms with Crippen molar-refractivity contribution >= 4 is 0 Å². The highest BCUT2D eigenvalue weighted by molar-refractivity contribution is 4.52. The second kappa shape index (κ2) is 43.9. The van der Waals surface area contributed by atoms with E-state index in [-0.39, 0.29) is 0 Å². The van der Waals surface area contributed by atoms with Gasteiger partial charge in [0, 0.05) is 39.6 Å². The normalized spacial score (nSPS) is 11.6. The number of hydrogen-bond acceptors (Lipinski definition) is 3. The Morgan fingerprint density at radius 1 is 0.178 bits per heavy atom. The van der Waals surface area contributed by atoms with Crippen LogP contribution in [0.25, 0.3) is 0 Å².